The molecule has 1 amide bonds. The number of piperidine rings is 1. The maximum atomic E-state index is 13.1. The van der Waals surface area contributed by atoms with Crippen LogP contribution in [-0.2, 0) is 6.54 Å². The Labute approximate surface area is 227 Å². The smallest absolute Gasteiger partial charge is 0.344 e. The van der Waals surface area contributed by atoms with Crippen LogP contribution in [0, 0.1) is 6.92 Å². The Morgan fingerprint density at radius 2 is 1.82 bits per heavy atom. The summed E-state index contributed by atoms with van der Waals surface area (Å²) in [5.41, 5.74) is 5.25. The second-order valence-electron chi connectivity index (χ2n) is 12.0. The van der Waals surface area contributed by atoms with E-state index in [1.54, 1.807) is 6.20 Å². The number of rotatable bonds is 6. The summed E-state index contributed by atoms with van der Waals surface area (Å²) in [7, 11) is 0. The number of benzene rings is 1. The van der Waals surface area contributed by atoms with E-state index >= 15 is 0 Å². The lowest BCUT2D eigenvalue weighted by atomic mass is 9.84. The summed E-state index contributed by atoms with van der Waals surface area (Å²) in [6.07, 6.45) is 9.05. The number of allylic oxidation sites excluding steroid dienone is 1. The average Bonchev–Trinajstić information content (AvgIpc) is 3.56. The van der Waals surface area contributed by atoms with Gasteiger partial charge in [-0.15, -0.1) is 5.10 Å². The van der Waals surface area contributed by atoms with Gasteiger partial charge in [-0.1, -0.05) is 18.7 Å². The molecule has 4 aliphatic rings. The molecule has 1 aromatic carbocycles. The molecule has 1 spiro atoms. The molecule has 0 bridgehead atoms. The summed E-state index contributed by atoms with van der Waals surface area (Å²) in [6.45, 7) is 16.3. The Balaban J connectivity index is 1.11. The molecular formula is C30H43N7O. The van der Waals surface area contributed by atoms with Crippen molar-refractivity contribution in [2.75, 3.05) is 56.0 Å². The summed E-state index contributed by atoms with van der Waals surface area (Å²) in [4.78, 5) is 23.2. The Morgan fingerprint density at radius 1 is 1.05 bits per heavy atom. The number of nitrogens with zero attached hydrogens (tertiary/aromatic N) is 6. The van der Waals surface area contributed by atoms with Crippen molar-refractivity contribution < 1.29 is 4.79 Å². The lowest BCUT2D eigenvalue weighted by Crippen LogP contribution is -2.53. The molecule has 4 fully saturated rings. The second kappa shape index (κ2) is 10.4. The van der Waals surface area contributed by atoms with Crippen LogP contribution < -0.4 is 10.2 Å². The molecule has 4 heterocycles. The van der Waals surface area contributed by atoms with Gasteiger partial charge in [0, 0.05) is 81.0 Å². The lowest BCUT2D eigenvalue weighted by molar-refractivity contribution is 0.0585. The van der Waals surface area contributed by atoms with Gasteiger partial charge in [0.05, 0.1) is 0 Å². The van der Waals surface area contributed by atoms with Gasteiger partial charge in [0.1, 0.15) is 0 Å². The summed E-state index contributed by atoms with van der Waals surface area (Å²) >= 11 is 0. The summed E-state index contributed by atoms with van der Waals surface area (Å²) in [6, 6.07) is 9.71. The van der Waals surface area contributed by atoms with Crippen molar-refractivity contribution in [3.8, 4) is 0 Å². The van der Waals surface area contributed by atoms with Crippen molar-refractivity contribution in [2.45, 2.75) is 70.5 Å². The van der Waals surface area contributed by atoms with Crippen LogP contribution >= 0.6 is 0 Å². The highest BCUT2D eigenvalue weighted by Crippen LogP contribution is 2.41. The van der Waals surface area contributed by atoms with Gasteiger partial charge < -0.3 is 15.1 Å². The van der Waals surface area contributed by atoms with E-state index in [0.717, 1.165) is 63.8 Å². The van der Waals surface area contributed by atoms with Gasteiger partial charge in [-0.25, -0.2) is 4.79 Å². The number of likely N-dealkylation sites (tertiary alicyclic amines) is 2. The molecule has 1 aromatic heterocycles. The third kappa shape index (κ3) is 5.21. The maximum Gasteiger partial charge on any atom is 0.344 e. The first-order chi connectivity index (χ1) is 18.4. The SMILES string of the molecule is C=C(C)Nc1ccn(C(=O)N2CCC3(CCCN3Cc3ccc(C)cc3N3CCN(C4CC4)CC3)CC2)n1. The molecule has 2 aromatic rings. The van der Waals surface area contributed by atoms with Crippen LogP contribution in [0.1, 0.15) is 56.6 Å². The molecule has 0 atom stereocenters. The fourth-order valence-corrected chi connectivity index (χ4v) is 6.86. The van der Waals surface area contributed by atoms with Crippen molar-refractivity contribution in [2.24, 2.45) is 0 Å². The highest BCUT2D eigenvalue weighted by molar-refractivity contribution is 5.76. The minimum Gasteiger partial charge on any atom is -0.369 e. The van der Waals surface area contributed by atoms with Crippen LogP contribution in [0.5, 0.6) is 0 Å². The van der Waals surface area contributed by atoms with E-state index in [0.29, 0.717) is 5.82 Å². The van der Waals surface area contributed by atoms with E-state index in [1.165, 1.54) is 60.3 Å². The second-order valence-corrected chi connectivity index (χ2v) is 12.0. The van der Waals surface area contributed by atoms with E-state index in [-0.39, 0.29) is 11.6 Å². The number of amides is 1. The zero-order valence-corrected chi connectivity index (χ0v) is 23.2. The number of aryl methyl sites for hydroxylation is 1. The van der Waals surface area contributed by atoms with Gasteiger partial charge in [-0.2, -0.15) is 4.68 Å². The Bertz CT molecular complexity index is 1170. The average molecular weight is 518 g/mol. The van der Waals surface area contributed by atoms with Gasteiger partial charge in [0.15, 0.2) is 5.82 Å². The highest BCUT2D eigenvalue weighted by atomic mass is 16.2. The monoisotopic (exact) mass is 517 g/mol. The van der Waals surface area contributed by atoms with E-state index in [9.17, 15) is 4.79 Å². The number of nitrogens with one attached hydrogen (secondary N) is 1. The molecule has 6 rings (SSSR count). The zero-order valence-electron chi connectivity index (χ0n) is 23.2. The predicted octanol–water partition coefficient (Wildman–Crippen LogP) is 4.52. The van der Waals surface area contributed by atoms with E-state index in [2.05, 4.69) is 56.8 Å². The Hall–Kier alpha value is -2.84. The fraction of sp³-hybridized carbons (Fsp3) is 0.600. The van der Waals surface area contributed by atoms with Crippen LogP contribution in [0.4, 0.5) is 16.3 Å². The quantitative estimate of drug-likeness (QED) is 0.608. The number of anilines is 2. The van der Waals surface area contributed by atoms with Gasteiger partial charge in [0.25, 0.3) is 0 Å². The predicted molar refractivity (Wildman–Crippen MR) is 153 cm³/mol. The first kappa shape index (κ1) is 25.4. The molecule has 38 heavy (non-hydrogen) atoms. The normalized spacial score (nSPS) is 22.3. The standard InChI is InChI=1S/C30H43N7O/c1-23(2)31-28-9-14-37(32-28)29(38)35-15-11-30(12-16-35)10-4-13-36(30)22-25-6-5-24(3)21-27(25)34-19-17-33(18-20-34)26-7-8-26/h5-6,9,14,21,26H,1,4,7-8,10-13,15-20,22H2,2-3H3,(H,31,32). The number of carbonyl (C=O) groups excluding carboxylic acids is 1. The van der Waals surface area contributed by atoms with Gasteiger partial charge in [-0.05, 0) is 76.1 Å². The summed E-state index contributed by atoms with van der Waals surface area (Å²) in [5, 5.41) is 7.48. The molecule has 8 heteroatoms. The Kier molecular flexibility index (Phi) is 6.95. The van der Waals surface area contributed by atoms with E-state index in [4.69, 9.17) is 0 Å². The molecule has 3 saturated heterocycles. The molecule has 0 unspecified atom stereocenters. The summed E-state index contributed by atoms with van der Waals surface area (Å²) in [5.74, 6) is 0.657. The fourth-order valence-electron chi connectivity index (χ4n) is 6.86. The first-order valence-corrected chi connectivity index (χ1v) is 14.5. The molecule has 204 valence electrons. The van der Waals surface area contributed by atoms with E-state index < -0.39 is 0 Å². The van der Waals surface area contributed by atoms with Crippen molar-refractivity contribution in [1.82, 2.24) is 24.5 Å². The van der Waals surface area contributed by atoms with Crippen molar-refractivity contribution in [3.63, 3.8) is 0 Å². The van der Waals surface area contributed by atoms with Crippen molar-refractivity contribution in [1.29, 1.82) is 0 Å². The van der Waals surface area contributed by atoms with Crippen molar-refractivity contribution >= 4 is 17.5 Å². The van der Waals surface area contributed by atoms with Crippen LogP contribution in [0.15, 0.2) is 42.7 Å². The van der Waals surface area contributed by atoms with Crippen LogP contribution in [0.2, 0.25) is 0 Å². The minimum absolute atomic E-state index is 0.0367. The minimum atomic E-state index is -0.0367. The van der Waals surface area contributed by atoms with Crippen LogP contribution in [-0.4, -0.2) is 87.9 Å². The number of aromatic nitrogens is 2. The topological polar surface area (TPSA) is 59.9 Å². The van der Waals surface area contributed by atoms with Gasteiger partial charge >= 0.3 is 6.03 Å². The third-order valence-electron chi connectivity index (χ3n) is 9.15. The molecule has 1 saturated carbocycles. The Morgan fingerprint density at radius 3 is 2.53 bits per heavy atom. The molecular weight excluding hydrogens is 474 g/mol. The van der Waals surface area contributed by atoms with Crippen LogP contribution in [0.25, 0.3) is 0 Å². The largest absolute Gasteiger partial charge is 0.369 e. The zero-order chi connectivity index (χ0) is 26.3. The molecule has 1 N–H and O–H groups in total. The molecule has 0 radical (unpaired) electrons. The number of hydrogen-bond donors (Lipinski definition) is 1. The number of carbonyl (C=O) groups is 1. The third-order valence-corrected chi connectivity index (χ3v) is 9.15. The van der Waals surface area contributed by atoms with Crippen LogP contribution in [0.3, 0.4) is 0 Å². The highest BCUT2D eigenvalue weighted by Gasteiger charge is 2.44. The maximum absolute atomic E-state index is 13.1. The van der Waals surface area contributed by atoms with Crippen molar-refractivity contribution in [3.05, 3.63) is 53.9 Å². The first-order valence-electron chi connectivity index (χ1n) is 14.5. The molecule has 3 aliphatic heterocycles. The number of hydrogen-bond acceptors (Lipinski definition) is 6. The van der Waals surface area contributed by atoms with E-state index in [1.807, 2.05) is 17.9 Å². The van der Waals surface area contributed by atoms with Gasteiger partial charge in [-0.3, -0.25) is 9.80 Å². The molecule has 8 nitrogen and oxygen atoms in total. The lowest BCUT2D eigenvalue weighted by Gasteiger charge is -2.45. The number of piperazine rings is 1. The van der Waals surface area contributed by atoms with Gasteiger partial charge in [0.2, 0.25) is 0 Å². The summed E-state index contributed by atoms with van der Waals surface area (Å²) < 4.78 is 1.46. The molecule has 1 aliphatic carbocycles.